The molecule has 3 aromatic rings. The smallest absolute Gasteiger partial charge is 0.330 e. The molecule has 0 bridgehead atoms. The number of carbonyl (C=O) groups excluding carboxylic acids is 1. The van der Waals surface area contributed by atoms with Crippen molar-refractivity contribution in [3.05, 3.63) is 70.9 Å². The Labute approximate surface area is 164 Å². The number of carbonyl (C=O) groups is 2. The third-order valence-corrected chi connectivity index (χ3v) is 4.27. The van der Waals surface area contributed by atoms with Crippen LogP contribution in [0.15, 0.2) is 59.7 Å². The molecule has 0 radical (unpaired) electrons. The van der Waals surface area contributed by atoms with Crippen molar-refractivity contribution < 1.29 is 14.7 Å². The molecule has 142 valence electrons. The maximum atomic E-state index is 12.7. The highest BCUT2D eigenvalue weighted by Gasteiger charge is 2.23. The van der Waals surface area contributed by atoms with E-state index in [1.807, 2.05) is 0 Å². The number of nitrogens with one attached hydrogen (secondary N) is 1. The average Bonchev–Trinajstić information content (AvgIpc) is 2.68. The predicted octanol–water partition coefficient (Wildman–Crippen LogP) is 2.35. The number of aromatic nitrogens is 1. The number of amides is 1. The number of nitrogens with two attached hydrogens (primary N) is 2. The molecule has 0 aliphatic carbocycles. The highest BCUT2D eigenvalue weighted by atomic mass is 35.5. The fourth-order valence-electron chi connectivity index (χ4n) is 2.69. The van der Waals surface area contributed by atoms with Gasteiger partial charge in [0.05, 0.1) is 5.02 Å². The molecule has 0 aliphatic rings. The predicted molar refractivity (Wildman–Crippen MR) is 107 cm³/mol. The summed E-state index contributed by atoms with van der Waals surface area (Å²) in [6.07, 6.45) is 1.40. The molecule has 6 N–H and O–H groups in total. The Kier molecular flexibility index (Phi) is 5.42. The van der Waals surface area contributed by atoms with Crippen molar-refractivity contribution in [2.75, 3.05) is 0 Å². The van der Waals surface area contributed by atoms with E-state index in [4.69, 9.17) is 23.1 Å². The Morgan fingerprint density at radius 3 is 2.46 bits per heavy atom. The van der Waals surface area contributed by atoms with Gasteiger partial charge in [0.15, 0.2) is 17.8 Å². The van der Waals surface area contributed by atoms with Crippen molar-refractivity contribution in [1.82, 2.24) is 10.3 Å². The van der Waals surface area contributed by atoms with Crippen LogP contribution in [0.5, 0.6) is 0 Å². The number of aliphatic carboxylic acids is 1. The van der Waals surface area contributed by atoms with E-state index in [1.54, 1.807) is 36.4 Å². The van der Waals surface area contributed by atoms with E-state index in [9.17, 15) is 14.7 Å². The highest BCUT2D eigenvalue weighted by Crippen LogP contribution is 2.30. The van der Waals surface area contributed by atoms with Crippen molar-refractivity contribution in [1.29, 1.82) is 0 Å². The van der Waals surface area contributed by atoms with Gasteiger partial charge in [-0.05, 0) is 17.7 Å². The molecule has 0 aliphatic heterocycles. The van der Waals surface area contributed by atoms with Crippen molar-refractivity contribution in [3.63, 3.8) is 0 Å². The molecule has 9 heteroatoms. The minimum atomic E-state index is -1.20. The molecule has 1 amide bonds. The van der Waals surface area contributed by atoms with Crippen molar-refractivity contribution in [3.8, 4) is 0 Å². The molecule has 1 heterocycles. The number of guanidine groups is 1. The maximum Gasteiger partial charge on any atom is 0.330 e. The van der Waals surface area contributed by atoms with Gasteiger partial charge in [0.25, 0.3) is 5.91 Å². The van der Waals surface area contributed by atoms with E-state index in [-0.39, 0.29) is 17.3 Å². The van der Waals surface area contributed by atoms with Crippen LogP contribution in [0.1, 0.15) is 22.0 Å². The van der Waals surface area contributed by atoms with Crippen molar-refractivity contribution in [2.45, 2.75) is 6.04 Å². The Hall–Kier alpha value is -3.65. The van der Waals surface area contributed by atoms with Gasteiger partial charge in [-0.25, -0.2) is 9.78 Å². The number of rotatable bonds is 5. The summed E-state index contributed by atoms with van der Waals surface area (Å²) in [5.74, 6) is -1.74. The van der Waals surface area contributed by atoms with E-state index in [1.165, 1.54) is 18.3 Å². The Bertz CT molecular complexity index is 1080. The summed E-state index contributed by atoms with van der Waals surface area (Å²) < 4.78 is 0. The first-order valence-electron chi connectivity index (χ1n) is 8.13. The summed E-state index contributed by atoms with van der Waals surface area (Å²) in [6, 6.07) is 11.9. The molecule has 0 saturated carbocycles. The lowest BCUT2D eigenvalue weighted by Gasteiger charge is -2.15. The van der Waals surface area contributed by atoms with E-state index in [0.29, 0.717) is 21.4 Å². The van der Waals surface area contributed by atoms with Crippen molar-refractivity contribution in [2.24, 2.45) is 16.5 Å². The first-order valence-corrected chi connectivity index (χ1v) is 8.51. The van der Waals surface area contributed by atoms with Gasteiger partial charge in [-0.2, -0.15) is 4.99 Å². The van der Waals surface area contributed by atoms with E-state index < -0.39 is 17.9 Å². The van der Waals surface area contributed by atoms with Gasteiger partial charge in [0, 0.05) is 22.5 Å². The highest BCUT2D eigenvalue weighted by molar-refractivity contribution is 6.35. The number of aliphatic imine (C=N–C) groups is 1. The lowest BCUT2D eigenvalue weighted by Crippen LogP contribution is -2.33. The fourth-order valence-corrected chi connectivity index (χ4v) is 2.91. The van der Waals surface area contributed by atoms with E-state index in [2.05, 4.69) is 15.3 Å². The molecule has 0 spiro atoms. The summed E-state index contributed by atoms with van der Waals surface area (Å²) in [6.45, 7) is 0. The topological polar surface area (TPSA) is 144 Å². The number of carboxylic acids is 1. The molecule has 28 heavy (non-hydrogen) atoms. The number of pyridine rings is 1. The van der Waals surface area contributed by atoms with E-state index in [0.717, 1.165) is 0 Å². The second kappa shape index (κ2) is 7.93. The van der Waals surface area contributed by atoms with Crippen LogP contribution in [-0.4, -0.2) is 27.9 Å². The zero-order valence-corrected chi connectivity index (χ0v) is 15.2. The zero-order valence-electron chi connectivity index (χ0n) is 14.5. The van der Waals surface area contributed by atoms with Crippen LogP contribution in [0, 0.1) is 0 Å². The first kappa shape index (κ1) is 19.1. The van der Waals surface area contributed by atoms with Gasteiger partial charge in [-0.15, -0.1) is 0 Å². The van der Waals surface area contributed by atoms with Gasteiger partial charge in [0.1, 0.15) is 0 Å². The lowest BCUT2D eigenvalue weighted by atomic mass is 10.0. The standard InChI is InChI=1S/C19H16ClN5O3/c20-14-9-23-16(25-19(21)22)13-8-11(6-7-12(13)14)17(26)24-15(18(27)28)10-4-2-1-3-5-10/h1-9,15H,(H,24,26)(H,27,28)(H4,21,22,23,25). The summed E-state index contributed by atoms with van der Waals surface area (Å²) in [5, 5.41) is 13.4. The number of benzene rings is 2. The zero-order chi connectivity index (χ0) is 20.3. The Morgan fingerprint density at radius 1 is 1.11 bits per heavy atom. The van der Waals surface area contributed by atoms with Gasteiger partial charge in [-0.3, -0.25) is 4.79 Å². The third kappa shape index (κ3) is 4.02. The minimum Gasteiger partial charge on any atom is -0.479 e. The fraction of sp³-hybridized carbons (Fsp3) is 0.0526. The Morgan fingerprint density at radius 2 is 1.82 bits per heavy atom. The molecule has 1 atom stereocenters. The molecule has 2 aromatic carbocycles. The van der Waals surface area contributed by atoms with Crippen molar-refractivity contribution >= 4 is 46.0 Å². The molecular weight excluding hydrogens is 382 g/mol. The SMILES string of the molecule is NC(N)=Nc1ncc(Cl)c2ccc(C(=O)NC(C(=O)O)c3ccccc3)cc12. The maximum absolute atomic E-state index is 12.7. The number of hydrogen-bond acceptors (Lipinski definition) is 4. The van der Waals surface area contributed by atoms with Gasteiger partial charge in [-0.1, -0.05) is 48.0 Å². The lowest BCUT2D eigenvalue weighted by molar-refractivity contribution is -0.139. The normalized spacial score (nSPS) is 11.6. The van der Waals surface area contributed by atoms with Crippen LogP contribution >= 0.6 is 11.6 Å². The number of nitrogens with zero attached hydrogens (tertiary/aromatic N) is 2. The molecular formula is C19H16ClN5O3. The third-order valence-electron chi connectivity index (χ3n) is 3.97. The number of hydrogen-bond donors (Lipinski definition) is 4. The average molecular weight is 398 g/mol. The van der Waals surface area contributed by atoms with Crippen LogP contribution in [0.2, 0.25) is 5.02 Å². The van der Waals surface area contributed by atoms with Gasteiger partial charge < -0.3 is 21.9 Å². The summed E-state index contributed by atoms with van der Waals surface area (Å²) in [7, 11) is 0. The van der Waals surface area contributed by atoms with Crippen LogP contribution in [0.4, 0.5) is 5.82 Å². The van der Waals surface area contributed by atoms with Crippen LogP contribution < -0.4 is 16.8 Å². The molecule has 1 unspecified atom stereocenters. The van der Waals surface area contributed by atoms with Crippen LogP contribution in [0.3, 0.4) is 0 Å². The first-order chi connectivity index (χ1) is 13.4. The number of carboxylic acid groups (broad SMARTS) is 1. The van der Waals surface area contributed by atoms with Gasteiger partial charge >= 0.3 is 5.97 Å². The monoisotopic (exact) mass is 397 g/mol. The quantitative estimate of drug-likeness (QED) is 0.384. The second-order valence-electron chi connectivity index (χ2n) is 5.88. The molecule has 1 aromatic heterocycles. The number of fused-ring (bicyclic) bond motifs is 1. The van der Waals surface area contributed by atoms with E-state index >= 15 is 0 Å². The molecule has 8 nitrogen and oxygen atoms in total. The Balaban J connectivity index is 1.99. The number of halogens is 1. The largest absolute Gasteiger partial charge is 0.479 e. The summed E-state index contributed by atoms with van der Waals surface area (Å²) in [4.78, 5) is 32.3. The summed E-state index contributed by atoms with van der Waals surface area (Å²) >= 11 is 6.15. The minimum absolute atomic E-state index is 0.194. The summed E-state index contributed by atoms with van der Waals surface area (Å²) in [5.41, 5.74) is 11.5. The second-order valence-corrected chi connectivity index (χ2v) is 6.29. The van der Waals surface area contributed by atoms with Crippen LogP contribution in [0.25, 0.3) is 10.8 Å². The molecule has 0 saturated heterocycles. The van der Waals surface area contributed by atoms with Crippen LogP contribution in [-0.2, 0) is 4.79 Å². The molecule has 3 rings (SSSR count). The molecule has 0 fully saturated rings. The van der Waals surface area contributed by atoms with Gasteiger partial charge in [0.2, 0.25) is 0 Å².